The van der Waals surface area contributed by atoms with Crippen molar-refractivity contribution in [1.82, 2.24) is 0 Å². The molecular weight excluding hydrogens is 339 g/mol. The third-order valence-corrected chi connectivity index (χ3v) is 5.12. The van der Waals surface area contributed by atoms with Crippen LogP contribution in [0.1, 0.15) is 44.1 Å². The van der Waals surface area contributed by atoms with E-state index in [0.29, 0.717) is 36.3 Å². The summed E-state index contributed by atoms with van der Waals surface area (Å²) in [5.74, 6) is 0.335. The molecule has 25 heavy (non-hydrogen) atoms. The molecule has 0 saturated carbocycles. The molecule has 1 aromatic carbocycles. The molecule has 0 saturated heterocycles. The second-order valence-electron chi connectivity index (χ2n) is 6.29. The summed E-state index contributed by atoms with van der Waals surface area (Å²) >= 11 is 5.58. The Morgan fingerprint density at radius 3 is 2.76 bits per heavy atom. The van der Waals surface area contributed by atoms with Gasteiger partial charge in [0.05, 0.1) is 12.7 Å². The summed E-state index contributed by atoms with van der Waals surface area (Å²) in [7, 11) is 3.19. The number of ketones is 1. The van der Waals surface area contributed by atoms with E-state index < -0.39 is 0 Å². The van der Waals surface area contributed by atoms with Crippen molar-refractivity contribution in [2.24, 2.45) is 5.92 Å². The number of carbonyl (C=O) groups is 1. The number of thiocarbonyl (C=S) groups is 1. The van der Waals surface area contributed by atoms with Crippen molar-refractivity contribution in [2.45, 2.75) is 38.5 Å². The zero-order chi connectivity index (χ0) is 18.2. The highest BCUT2D eigenvalue weighted by atomic mass is 32.1. The molecule has 0 amide bonds. The molecule has 1 aliphatic rings. The molecule has 0 bridgehead atoms. The molecule has 1 atom stereocenters. The maximum absolute atomic E-state index is 14.5. The average Bonchev–Trinajstić information content (AvgIpc) is 2.60. The van der Waals surface area contributed by atoms with Gasteiger partial charge in [0.25, 0.3) is 0 Å². The normalized spacial score (nSPS) is 19.5. The second-order valence-corrected chi connectivity index (χ2v) is 6.81. The van der Waals surface area contributed by atoms with Gasteiger partial charge >= 0.3 is 0 Å². The van der Waals surface area contributed by atoms with Crippen LogP contribution in [0.3, 0.4) is 0 Å². The van der Waals surface area contributed by atoms with E-state index in [1.165, 1.54) is 13.2 Å². The first-order valence-electron chi connectivity index (χ1n) is 8.64. The van der Waals surface area contributed by atoms with E-state index in [2.05, 4.69) is 0 Å². The maximum Gasteiger partial charge on any atom is 0.156 e. The highest BCUT2D eigenvalue weighted by Crippen LogP contribution is 2.34. The predicted octanol–water partition coefficient (Wildman–Crippen LogP) is 4.77. The van der Waals surface area contributed by atoms with Gasteiger partial charge in [0.2, 0.25) is 0 Å². The Hall–Kier alpha value is -1.59. The first-order chi connectivity index (χ1) is 12.1. The number of halogens is 1. The van der Waals surface area contributed by atoms with Crippen LogP contribution >= 0.6 is 12.2 Å². The number of ether oxygens (including phenoxy) is 2. The van der Waals surface area contributed by atoms with Gasteiger partial charge in [-0.2, -0.15) is 0 Å². The minimum atomic E-state index is -0.369. The molecule has 5 heteroatoms. The number of rotatable bonds is 5. The Morgan fingerprint density at radius 1 is 1.24 bits per heavy atom. The van der Waals surface area contributed by atoms with Crippen LogP contribution in [0.5, 0.6) is 5.75 Å². The molecule has 0 aromatic heterocycles. The Balaban J connectivity index is 2.34. The maximum atomic E-state index is 14.5. The van der Waals surface area contributed by atoms with E-state index in [9.17, 15) is 9.18 Å². The number of benzene rings is 1. The molecule has 0 radical (unpaired) electrons. The topological polar surface area (TPSA) is 35.5 Å². The zero-order valence-corrected chi connectivity index (χ0v) is 15.7. The lowest BCUT2D eigenvalue weighted by molar-refractivity contribution is -0.114. The van der Waals surface area contributed by atoms with Gasteiger partial charge in [0.1, 0.15) is 11.6 Å². The van der Waals surface area contributed by atoms with Gasteiger partial charge in [0, 0.05) is 20.1 Å². The SMILES string of the molecule is COCCC1CCC(c2c(F)cccc2OC)=CC(=O)CCCC1=S. The highest BCUT2D eigenvalue weighted by Gasteiger charge is 2.21. The third-order valence-electron chi connectivity index (χ3n) is 4.59. The van der Waals surface area contributed by atoms with E-state index in [0.717, 1.165) is 30.5 Å². The number of hydrogen-bond donors (Lipinski definition) is 0. The Labute approximate surface area is 154 Å². The molecule has 1 aromatic rings. The van der Waals surface area contributed by atoms with Crippen LogP contribution in [0.2, 0.25) is 0 Å². The fourth-order valence-corrected chi connectivity index (χ4v) is 3.60. The summed E-state index contributed by atoms with van der Waals surface area (Å²) in [5, 5.41) is 0. The lowest BCUT2D eigenvalue weighted by atomic mass is 9.87. The minimum Gasteiger partial charge on any atom is -0.496 e. The number of methoxy groups -OCH3 is 2. The molecule has 0 heterocycles. The average molecular weight is 364 g/mol. The minimum absolute atomic E-state index is 0.0125. The summed E-state index contributed by atoms with van der Waals surface area (Å²) in [6.07, 6.45) is 5.74. The smallest absolute Gasteiger partial charge is 0.156 e. The third kappa shape index (κ3) is 5.44. The highest BCUT2D eigenvalue weighted by molar-refractivity contribution is 7.80. The van der Waals surface area contributed by atoms with Gasteiger partial charge in [-0.3, -0.25) is 4.79 Å². The van der Waals surface area contributed by atoms with Gasteiger partial charge in [-0.25, -0.2) is 4.39 Å². The second kappa shape index (κ2) is 9.78. The lowest BCUT2D eigenvalue weighted by Gasteiger charge is -2.21. The van der Waals surface area contributed by atoms with Crippen molar-refractivity contribution in [3.63, 3.8) is 0 Å². The van der Waals surface area contributed by atoms with Crippen molar-refractivity contribution in [3.8, 4) is 5.75 Å². The molecule has 3 nitrogen and oxygen atoms in total. The summed E-state index contributed by atoms with van der Waals surface area (Å²) in [6, 6.07) is 4.72. The first-order valence-corrected chi connectivity index (χ1v) is 9.05. The van der Waals surface area contributed by atoms with Crippen LogP contribution in [-0.4, -0.2) is 31.5 Å². The molecule has 0 spiro atoms. The van der Waals surface area contributed by atoms with Gasteiger partial charge in [0.15, 0.2) is 5.78 Å². The van der Waals surface area contributed by atoms with Crippen LogP contribution in [0.4, 0.5) is 4.39 Å². The quantitative estimate of drug-likeness (QED) is 0.705. The van der Waals surface area contributed by atoms with Crippen molar-refractivity contribution in [2.75, 3.05) is 20.8 Å². The molecule has 0 aliphatic heterocycles. The van der Waals surface area contributed by atoms with Crippen molar-refractivity contribution < 1.29 is 18.7 Å². The van der Waals surface area contributed by atoms with Crippen LogP contribution in [0.15, 0.2) is 24.3 Å². The Bertz CT molecular complexity index is 654. The van der Waals surface area contributed by atoms with Gasteiger partial charge in [-0.05, 0) is 66.7 Å². The molecule has 1 unspecified atom stereocenters. The standard InChI is InChI=1S/C20H25FO3S/c1-23-12-11-14-9-10-15(13-16(22)5-3-8-19(14)25)20-17(21)6-4-7-18(20)24-2/h4,6-7,13-14H,3,5,8-12H2,1-2H3. The number of carbonyl (C=O) groups excluding carboxylic acids is 1. The zero-order valence-electron chi connectivity index (χ0n) is 14.8. The van der Waals surface area contributed by atoms with Gasteiger partial charge in [-0.1, -0.05) is 18.3 Å². The molecule has 2 rings (SSSR count). The van der Waals surface area contributed by atoms with E-state index in [4.69, 9.17) is 21.7 Å². The lowest BCUT2D eigenvalue weighted by Crippen LogP contribution is -2.16. The van der Waals surface area contributed by atoms with Crippen molar-refractivity contribution in [3.05, 3.63) is 35.7 Å². The van der Waals surface area contributed by atoms with E-state index in [1.807, 2.05) is 0 Å². The number of hydrogen-bond acceptors (Lipinski definition) is 4. The van der Waals surface area contributed by atoms with Crippen molar-refractivity contribution in [1.29, 1.82) is 0 Å². The van der Waals surface area contributed by atoms with Crippen LogP contribution in [0.25, 0.3) is 5.57 Å². The van der Waals surface area contributed by atoms with E-state index in [1.54, 1.807) is 25.3 Å². The van der Waals surface area contributed by atoms with Crippen LogP contribution in [0, 0.1) is 11.7 Å². The first kappa shape index (κ1) is 19.7. The summed E-state index contributed by atoms with van der Waals surface area (Å²) < 4.78 is 25.0. The van der Waals surface area contributed by atoms with E-state index >= 15 is 0 Å². The largest absolute Gasteiger partial charge is 0.496 e. The molecule has 0 N–H and O–H groups in total. The molecule has 1 aliphatic carbocycles. The summed E-state index contributed by atoms with van der Waals surface area (Å²) in [6.45, 7) is 0.645. The monoisotopic (exact) mass is 364 g/mol. The fourth-order valence-electron chi connectivity index (χ4n) is 3.22. The van der Waals surface area contributed by atoms with Gasteiger partial charge in [-0.15, -0.1) is 0 Å². The molecule has 136 valence electrons. The Morgan fingerprint density at radius 2 is 2.04 bits per heavy atom. The van der Waals surface area contributed by atoms with Crippen molar-refractivity contribution >= 4 is 28.4 Å². The van der Waals surface area contributed by atoms with Crippen LogP contribution in [-0.2, 0) is 9.53 Å². The summed E-state index contributed by atoms with van der Waals surface area (Å²) in [4.78, 5) is 13.2. The fraction of sp³-hybridized carbons (Fsp3) is 0.500. The summed E-state index contributed by atoms with van der Waals surface area (Å²) in [5.41, 5.74) is 1.07. The van der Waals surface area contributed by atoms with Crippen LogP contribution < -0.4 is 4.74 Å². The predicted molar refractivity (Wildman–Crippen MR) is 102 cm³/mol. The van der Waals surface area contributed by atoms with Gasteiger partial charge < -0.3 is 9.47 Å². The van der Waals surface area contributed by atoms with E-state index in [-0.39, 0.29) is 17.5 Å². The number of allylic oxidation sites excluding steroid dienone is 2. The Kier molecular flexibility index (Phi) is 7.72. The molecular formula is C20H25FO3S. The molecule has 0 fully saturated rings.